The number of carbonyl (C=O) groups is 2. The predicted octanol–water partition coefficient (Wildman–Crippen LogP) is 3.36. The Morgan fingerprint density at radius 1 is 1.15 bits per heavy atom. The molecule has 1 aliphatic heterocycles. The average Bonchev–Trinajstić information content (AvgIpc) is 2.67. The van der Waals surface area contributed by atoms with Gasteiger partial charge >= 0.3 is 6.09 Å². The van der Waals surface area contributed by atoms with Crippen molar-refractivity contribution in [3.05, 3.63) is 59.7 Å². The molecular weight excluding hydrogens is 332 g/mol. The van der Waals surface area contributed by atoms with Gasteiger partial charge in [-0.1, -0.05) is 36.4 Å². The molecule has 1 aliphatic rings. The van der Waals surface area contributed by atoms with E-state index in [1.165, 1.54) is 7.11 Å². The number of nitrogens with zero attached hydrogens (tertiary/aromatic N) is 1. The van der Waals surface area contributed by atoms with Crippen molar-refractivity contribution in [3.63, 3.8) is 0 Å². The first kappa shape index (κ1) is 17.9. The predicted molar refractivity (Wildman–Crippen MR) is 99.2 cm³/mol. The van der Waals surface area contributed by atoms with Gasteiger partial charge in [-0.25, -0.2) is 4.79 Å². The Kier molecular flexibility index (Phi) is 5.86. The van der Waals surface area contributed by atoms with Crippen LogP contribution >= 0.6 is 0 Å². The van der Waals surface area contributed by atoms with E-state index in [4.69, 9.17) is 9.47 Å². The van der Waals surface area contributed by atoms with Crippen molar-refractivity contribution in [2.75, 3.05) is 30.5 Å². The van der Waals surface area contributed by atoms with Crippen LogP contribution in [0.3, 0.4) is 0 Å². The van der Waals surface area contributed by atoms with Gasteiger partial charge in [-0.15, -0.1) is 0 Å². The van der Waals surface area contributed by atoms with E-state index in [1.807, 2.05) is 48.5 Å². The van der Waals surface area contributed by atoms with E-state index in [9.17, 15) is 9.59 Å². The molecule has 1 N–H and O–H groups in total. The van der Waals surface area contributed by atoms with Gasteiger partial charge < -0.3 is 14.4 Å². The number of aryl methyl sites for hydroxylation is 1. The van der Waals surface area contributed by atoms with Crippen LogP contribution in [0.4, 0.5) is 16.2 Å². The largest absolute Gasteiger partial charge is 0.444 e. The van der Waals surface area contributed by atoms with Crippen LogP contribution in [0.5, 0.6) is 0 Å². The van der Waals surface area contributed by atoms with E-state index in [-0.39, 0.29) is 19.1 Å². The summed E-state index contributed by atoms with van der Waals surface area (Å²) in [6.45, 7) is 0.892. The van der Waals surface area contributed by atoms with E-state index in [1.54, 1.807) is 4.90 Å². The minimum absolute atomic E-state index is 0.0379. The van der Waals surface area contributed by atoms with Crippen LogP contribution in [0.15, 0.2) is 48.5 Å². The lowest BCUT2D eigenvalue weighted by atomic mass is 10.0. The third-order valence-corrected chi connectivity index (χ3v) is 4.23. The van der Waals surface area contributed by atoms with E-state index in [2.05, 4.69) is 5.32 Å². The number of hydrogen-bond acceptors (Lipinski definition) is 4. The molecule has 0 bridgehead atoms. The Bertz CT molecular complexity index is 777. The highest BCUT2D eigenvalue weighted by Gasteiger charge is 2.23. The van der Waals surface area contributed by atoms with Gasteiger partial charge in [0, 0.05) is 25.0 Å². The molecule has 26 heavy (non-hydrogen) atoms. The number of nitrogens with one attached hydrogen (secondary N) is 1. The third kappa shape index (κ3) is 4.40. The fourth-order valence-electron chi connectivity index (χ4n) is 2.99. The maximum atomic E-state index is 12.2. The minimum atomic E-state index is -0.528. The van der Waals surface area contributed by atoms with Crippen LogP contribution in [0.1, 0.15) is 17.5 Å². The van der Waals surface area contributed by atoms with E-state index < -0.39 is 6.09 Å². The zero-order chi connectivity index (χ0) is 18.4. The Hall–Kier alpha value is -2.86. The van der Waals surface area contributed by atoms with Crippen LogP contribution in [0, 0.1) is 0 Å². The Balaban J connectivity index is 1.66. The first-order valence-corrected chi connectivity index (χ1v) is 8.57. The van der Waals surface area contributed by atoms with E-state index >= 15 is 0 Å². The number of hydrogen-bond donors (Lipinski definition) is 1. The lowest BCUT2D eigenvalue weighted by Gasteiger charge is -2.29. The summed E-state index contributed by atoms with van der Waals surface area (Å²) in [4.78, 5) is 26.0. The van der Waals surface area contributed by atoms with Crippen LogP contribution in [-0.4, -0.2) is 32.3 Å². The third-order valence-electron chi connectivity index (χ3n) is 4.23. The molecule has 0 saturated heterocycles. The highest BCUT2D eigenvalue weighted by atomic mass is 16.5. The smallest absolute Gasteiger partial charge is 0.411 e. The maximum absolute atomic E-state index is 12.2. The molecule has 0 unspecified atom stereocenters. The lowest BCUT2D eigenvalue weighted by molar-refractivity contribution is -0.122. The maximum Gasteiger partial charge on any atom is 0.411 e. The summed E-state index contributed by atoms with van der Waals surface area (Å²) in [6, 6.07) is 15.1. The van der Waals surface area contributed by atoms with Gasteiger partial charge in [0.15, 0.2) is 0 Å². The molecule has 0 spiro atoms. The van der Waals surface area contributed by atoms with Crippen molar-refractivity contribution in [2.45, 2.75) is 19.4 Å². The van der Waals surface area contributed by atoms with Gasteiger partial charge in [-0.05, 0) is 36.1 Å². The van der Waals surface area contributed by atoms with Crippen molar-refractivity contribution in [3.8, 4) is 0 Å². The van der Waals surface area contributed by atoms with Gasteiger partial charge in [0.25, 0.3) is 5.91 Å². The summed E-state index contributed by atoms with van der Waals surface area (Å²) in [6.07, 6.45) is 1.29. The van der Waals surface area contributed by atoms with Crippen molar-refractivity contribution < 1.29 is 19.1 Å². The summed E-state index contributed by atoms with van der Waals surface area (Å²) < 4.78 is 10.2. The second-order valence-electron chi connectivity index (χ2n) is 6.11. The zero-order valence-corrected chi connectivity index (χ0v) is 14.7. The average molecular weight is 354 g/mol. The van der Waals surface area contributed by atoms with Gasteiger partial charge in [-0.2, -0.15) is 0 Å². The molecule has 3 rings (SSSR count). The Morgan fingerprint density at radius 3 is 2.73 bits per heavy atom. The summed E-state index contributed by atoms with van der Waals surface area (Å²) in [5.41, 5.74) is 3.42. The lowest BCUT2D eigenvalue weighted by Crippen LogP contribution is -2.37. The molecule has 2 aromatic carbocycles. The molecule has 0 fully saturated rings. The monoisotopic (exact) mass is 354 g/mol. The van der Waals surface area contributed by atoms with Gasteiger partial charge in [-0.3, -0.25) is 10.1 Å². The number of benzene rings is 2. The van der Waals surface area contributed by atoms with Crippen LogP contribution in [-0.2, 0) is 27.3 Å². The summed E-state index contributed by atoms with van der Waals surface area (Å²) in [7, 11) is 1.50. The van der Waals surface area contributed by atoms with Crippen molar-refractivity contribution in [2.24, 2.45) is 0 Å². The number of fused-ring (bicyclic) bond motifs is 1. The second-order valence-corrected chi connectivity index (χ2v) is 6.11. The van der Waals surface area contributed by atoms with Crippen LogP contribution < -0.4 is 10.2 Å². The number of amides is 2. The van der Waals surface area contributed by atoms with Crippen molar-refractivity contribution >= 4 is 23.4 Å². The standard InChI is InChI=1S/C20H22N2O4/c1-25-14-19(23)22-11-5-8-16-9-10-17(12-18(16)22)21-20(24)26-13-15-6-3-2-4-7-15/h2-4,6-7,9-10,12H,5,8,11,13-14H2,1H3,(H,21,24). The number of rotatable bonds is 5. The Morgan fingerprint density at radius 2 is 1.96 bits per heavy atom. The van der Waals surface area contributed by atoms with Gasteiger partial charge in [0.05, 0.1) is 0 Å². The fraction of sp³-hybridized carbons (Fsp3) is 0.300. The molecule has 2 amide bonds. The molecule has 2 aromatic rings. The topological polar surface area (TPSA) is 67.9 Å². The molecular formula is C20H22N2O4. The quantitative estimate of drug-likeness (QED) is 0.894. The molecule has 1 heterocycles. The van der Waals surface area contributed by atoms with Crippen LogP contribution in [0.2, 0.25) is 0 Å². The highest BCUT2D eigenvalue weighted by Crippen LogP contribution is 2.30. The normalized spacial score (nSPS) is 13.0. The van der Waals surface area contributed by atoms with Crippen LogP contribution in [0.25, 0.3) is 0 Å². The zero-order valence-electron chi connectivity index (χ0n) is 14.7. The fourth-order valence-corrected chi connectivity index (χ4v) is 2.99. The molecule has 6 nitrogen and oxygen atoms in total. The molecule has 0 saturated carbocycles. The van der Waals surface area contributed by atoms with E-state index in [0.717, 1.165) is 29.7 Å². The number of carbonyl (C=O) groups excluding carboxylic acids is 2. The minimum Gasteiger partial charge on any atom is -0.444 e. The molecule has 0 aliphatic carbocycles. The number of anilines is 2. The Labute approximate surface area is 152 Å². The van der Waals surface area contributed by atoms with E-state index in [0.29, 0.717) is 12.2 Å². The van der Waals surface area contributed by atoms with Gasteiger partial charge in [0.2, 0.25) is 0 Å². The second kappa shape index (κ2) is 8.49. The van der Waals surface area contributed by atoms with Gasteiger partial charge in [0.1, 0.15) is 13.2 Å². The SMILES string of the molecule is COCC(=O)N1CCCc2ccc(NC(=O)OCc3ccccc3)cc21. The number of ether oxygens (including phenoxy) is 2. The highest BCUT2D eigenvalue weighted by molar-refractivity contribution is 5.96. The molecule has 0 atom stereocenters. The van der Waals surface area contributed by atoms with Crippen molar-refractivity contribution in [1.82, 2.24) is 0 Å². The molecule has 6 heteroatoms. The molecule has 0 aromatic heterocycles. The summed E-state index contributed by atoms with van der Waals surface area (Å²) in [5, 5.41) is 2.72. The molecule has 136 valence electrons. The molecule has 0 radical (unpaired) electrons. The summed E-state index contributed by atoms with van der Waals surface area (Å²) in [5.74, 6) is -0.0859. The summed E-state index contributed by atoms with van der Waals surface area (Å²) >= 11 is 0. The first-order valence-electron chi connectivity index (χ1n) is 8.57. The number of methoxy groups -OCH3 is 1. The van der Waals surface area contributed by atoms with Crippen molar-refractivity contribution in [1.29, 1.82) is 0 Å². The first-order chi connectivity index (χ1) is 12.7.